The molecule has 1 aliphatic carbocycles. The molecule has 0 bridgehead atoms. The van der Waals surface area contributed by atoms with Crippen LogP contribution in [0.5, 0.6) is 5.75 Å². The molecule has 1 heterocycles. The van der Waals surface area contributed by atoms with Gasteiger partial charge in [0.25, 0.3) is 5.91 Å². The summed E-state index contributed by atoms with van der Waals surface area (Å²) in [6.45, 7) is 2.00. The molecule has 7 heteroatoms. The maximum Gasteiger partial charge on any atom is 0.259 e. The number of aryl methyl sites for hydroxylation is 1. The van der Waals surface area contributed by atoms with Crippen LogP contribution in [0.4, 0.5) is 0 Å². The molecule has 1 N–H and O–H groups in total. The molecule has 0 aliphatic heterocycles. The summed E-state index contributed by atoms with van der Waals surface area (Å²) < 4.78 is 7.50. The van der Waals surface area contributed by atoms with Crippen molar-refractivity contribution in [3.63, 3.8) is 0 Å². The van der Waals surface area contributed by atoms with E-state index in [1.807, 2.05) is 50.6 Å². The average Bonchev–Trinajstić information content (AvgIpc) is 3.38. The van der Waals surface area contributed by atoms with E-state index >= 15 is 0 Å². The van der Waals surface area contributed by atoms with E-state index in [0.717, 1.165) is 24.0 Å². The Morgan fingerprint density at radius 1 is 1.36 bits per heavy atom. The lowest BCUT2D eigenvalue weighted by atomic mass is 10.0. The van der Waals surface area contributed by atoms with Crippen molar-refractivity contribution in [3.05, 3.63) is 47.8 Å². The van der Waals surface area contributed by atoms with Gasteiger partial charge in [-0.3, -0.25) is 14.3 Å². The highest BCUT2D eigenvalue weighted by molar-refractivity contribution is 5.83. The van der Waals surface area contributed by atoms with Crippen LogP contribution in [0.25, 0.3) is 0 Å². The van der Waals surface area contributed by atoms with Crippen molar-refractivity contribution in [2.45, 2.75) is 31.7 Å². The van der Waals surface area contributed by atoms with E-state index in [4.69, 9.17) is 4.74 Å². The molecule has 3 unspecified atom stereocenters. The number of carbonyl (C=O) groups is 2. The van der Waals surface area contributed by atoms with Gasteiger partial charge in [-0.05, 0) is 30.4 Å². The summed E-state index contributed by atoms with van der Waals surface area (Å²) in [5.74, 6) is 0.811. The molecule has 2 aromatic rings. The van der Waals surface area contributed by atoms with Gasteiger partial charge in [0, 0.05) is 38.8 Å². The van der Waals surface area contributed by atoms with E-state index in [-0.39, 0.29) is 36.3 Å². The maximum atomic E-state index is 12.8. The molecular weight excluding hydrogens is 356 g/mol. The van der Waals surface area contributed by atoms with E-state index in [0.29, 0.717) is 5.75 Å². The van der Waals surface area contributed by atoms with Gasteiger partial charge in [0.2, 0.25) is 5.91 Å². The zero-order chi connectivity index (χ0) is 20.3. The number of aromatic nitrogens is 2. The van der Waals surface area contributed by atoms with Gasteiger partial charge in [0.05, 0.1) is 12.2 Å². The Morgan fingerprint density at radius 3 is 2.75 bits per heavy atom. The predicted molar refractivity (Wildman–Crippen MR) is 106 cm³/mol. The molecule has 0 saturated heterocycles. The van der Waals surface area contributed by atoms with Crippen molar-refractivity contribution in [3.8, 4) is 5.75 Å². The smallest absolute Gasteiger partial charge is 0.259 e. The van der Waals surface area contributed by atoms with Crippen molar-refractivity contribution in [2.75, 3.05) is 20.7 Å². The number of hydrogen-bond acceptors (Lipinski definition) is 4. The van der Waals surface area contributed by atoms with Crippen LogP contribution in [0.1, 0.15) is 42.9 Å². The van der Waals surface area contributed by atoms with Crippen LogP contribution >= 0.6 is 0 Å². The quantitative estimate of drug-likeness (QED) is 0.757. The van der Waals surface area contributed by atoms with Crippen LogP contribution in [0.15, 0.2) is 36.7 Å². The molecule has 150 valence electrons. The lowest BCUT2D eigenvalue weighted by Crippen LogP contribution is -2.31. The monoisotopic (exact) mass is 384 g/mol. The van der Waals surface area contributed by atoms with Crippen LogP contribution in [0, 0.1) is 5.92 Å². The molecule has 7 nitrogen and oxygen atoms in total. The predicted octanol–water partition coefficient (Wildman–Crippen LogP) is 2.26. The van der Waals surface area contributed by atoms with E-state index in [9.17, 15) is 9.59 Å². The Bertz CT molecular complexity index is 846. The minimum atomic E-state index is -0.159. The van der Waals surface area contributed by atoms with Gasteiger partial charge in [0.1, 0.15) is 5.75 Å². The van der Waals surface area contributed by atoms with Crippen molar-refractivity contribution in [2.24, 2.45) is 13.0 Å². The van der Waals surface area contributed by atoms with Crippen molar-refractivity contribution < 1.29 is 14.3 Å². The Balaban J connectivity index is 1.65. The van der Waals surface area contributed by atoms with Gasteiger partial charge >= 0.3 is 0 Å². The number of carbonyl (C=O) groups excluding carboxylic acids is 2. The third kappa shape index (κ3) is 4.52. The van der Waals surface area contributed by atoms with Crippen LogP contribution in [0.3, 0.4) is 0 Å². The fourth-order valence-electron chi connectivity index (χ4n) is 3.33. The van der Waals surface area contributed by atoms with Crippen molar-refractivity contribution in [1.29, 1.82) is 0 Å². The third-order valence-electron chi connectivity index (χ3n) is 5.15. The molecule has 1 fully saturated rings. The van der Waals surface area contributed by atoms with Gasteiger partial charge in [-0.15, -0.1) is 0 Å². The van der Waals surface area contributed by atoms with Gasteiger partial charge in [0.15, 0.2) is 6.61 Å². The number of rotatable bonds is 8. The standard InChI is InChI=1S/C21H28N4O3/c1-5-18(15-8-6-7-9-19(15)28-13-20(26)24(2)3)23-21(27)17-10-16(17)14-11-22-25(4)12-14/h6-9,11-12,16-18H,5,10,13H2,1-4H3,(H,23,27). The minimum absolute atomic E-state index is 0.0124. The fraction of sp³-hybridized carbons (Fsp3) is 0.476. The molecule has 1 aromatic carbocycles. The Hall–Kier alpha value is -2.83. The average molecular weight is 384 g/mol. The van der Waals surface area contributed by atoms with Crippen molar-refractivity contribution >= 4 is 11.8 Å². The first-order valence-corrected chi connectivity index (χ1v) is 9.61. The molecule has 0 spiro atoms. The minimum Gasteiger partial charge on any atom is -0.483 e. The summed E-state index contributed by atoms with van der Waals surface area (Å²) in [6, 6.07) is 7.40. The zero-order valence-electron chi connectivity index (χ0n) is 16.9. The molecule has 3 atom stereocenters. The summed E-state index contributed by atoms with van der Waals surface area (Å²) in [5.41, 5.74) is 2.00. The summed E-state index contributed by atoms with van der Waals surface area (Å²) in [4.78, 5) is 26.1. The van der Waals surface area contributed by atoms with Gasteiger partial charge in [-0.2, -0.15) is 5.10 Å². The number of para-hydroxylation sites is 1. The number of nitrogens with zero attached hydrogens (tertiary/aromatic N) is 3. The second-order valence-electron chi connectivity index (χ2n) is 7.48. The number of ether oxygens (including phenoxy) is 1. The number of hydrogen-bond donors (Lipinski definition) is 1. The number of benzene rings is 1. The van der Waals surface area contributed by atoms with Gasteiger partial charge < -0.3 is 15.0 Å². The highest BCUT2D eigenvalue weighted by atomic mass is 16.5. The molecule has 2 amide bonds. The molecule has 1 saturated carbocycles. The second kappa shape index (κ2) is 8.46. The van der Waals surface area contributed by atoms with Crippen LogP contribution < -0.4 is 10.1 Å². The normalized spacial score (nSPS) is 19.0. The van der Waals surface area contributed by atoms with Gasteiger partial charge in [-0.1, -0.05) is 25.1 Å². The summed E-state index contributed by atoms with van der Waals surface area (Å²) >= 11 is 0. The maximum absolute atomic E-state index is 12.8. The second-order valence-corrected chi connectivity index (χ2v) is 7.48. The van der Waals surface area contributed by atoms with Crippen LogP contribution in [-0.4, -0.2) is 47.2 Å². The zero-order valence-corrected chi connectivity index (χ0v) is 16.9. The van der Waals surface area contributed by atoms with E-state index in [1.54, 1.807) is 18.8 Å². The highest BCUT2D eigenvalue weighted by Crippen LogP contribution is 2.47. The first-order chi connectivity index (χ1) is 13.4. The van der Waals surface area contributed by atoms with E-state index in [2.05, 4.69) is 10.4 Å². The summed E-state index contributed by atoms with van der Waals surface area (Å²) in [6.07, 6.45) is 5.39. The summed E-state index contributed by atoms with van der Waals surface area (Å²) in [5, 5.41) is 7.35. The summed E-state index contributed by atoms with van der Waals surface area (Å²) in [7, 11) is 5.27. The SMILES string of the molecule is CCC(NC(=O)C1CC1c1cnn(C)c1)c1ccccc1OCC(=O)N(C)C. The molecule has 1 aromatic heterocycles. The lowest BCUT2D eigenvalue weighted by Gasteiger charge is -2.21. The Morgan fingerprint density at radius 2 is 2.11 bits per heavy atom. The van der Waals surface area contributed by atoms with Gasteiger partial charge in [-0.25, -0.2) is 0 Å². The molecule has 28 heavy (non-hydrogen) atoms. The third-order valence-corrected chi connectivity index (χ3v) is 5.15. The van der Waals surface area contributed by atoms with E-state index < -0.39 is 0 Å². The highest BCUT2D eigenvalue weighted by Gasteiger charge is 2.45. The molecule has 3 rings (SSSR count). The number of nitrogens with one attached hydrogen (secondary N) is 1. The topological polar surface area (TPSA) is 76.5 Å². The lowest BCUT2D eigenvalue weighted by molar-refractivity contribution is -0.130. The molecule has 0 radical (unpaired) electrons. The Kier molecular flexibility index (Phi) is 6.02. The Labute approximate surface area is 165 Å². The van der Waals surface area contributed by atoms with Crippen LogP contribution in [0.2, 0.25) is 0 Å². The van der Waals surface area contributed by atoms with Crippen molar-refractivity contribution in [1.82, 2.24) is 20.0 Å². The van der Waals surface area contributed by atoms with Crippen LogP contribution in [-0.2, 0) is 16.6 Å². The first kappa shape index (κ1) is 19.9. The number of likely N-dealkylation sites (N-methyl/N-ethyl adjacent to an activating group) is 1. The first-order valence-electron chi connectivity index (χ1n) is 9.61. The van der Waals surface area contributed by atoms with E-state index in [1.165, 1.54) is 4.90 Å². The largest absolute Gasteiger partial charge is 0.483 e. The fourth-order valence-corrected chi connectivity index (χ4v) is 3.33. The number of amides is 2. The molecule has 1 aliphatic rings. The molecular formula is C21H28N4O3.